The number of nitrogens with zero attached hydrogens (tertiary/aromatic N) is 2. The molecule has 0 bridgehead atoms. The summed E-state index contributed by atoms with van der Waals surface area (Å²) < 4.78 is 1.58. The van der Waals surface area contributed by atoms with Crippen LogP contribution in [0.5, 0.6) is 0 Å². The normalized spacial score (nSPS) is 11.3. The van der Waals surface area contributed by atoms with Crippen LogP contribution in [0.25, 0.3) is 10.9 Å². The van der Waals surface area contributed by atoms with Crippen LogP contribution >= 0.6 is 0 Å². The first-order valence-electron chi connectivity index (χ1n) is 8.77. The molecule has 3 rings (SSSR count). The molecule has 0 saturated heterocycles. The number of aromatic amines is 1. The molecule has 0 atom stereocenters. The zero-order valence-corrected chi connectivity index (χ0v) is 15.6. The first-order chi connectivity index (χ1) is 12.3. The molecule has 0 aliphatic heterocycles. The van der Waals surface area contributed by atoms with Crippen molar-refractivity contribution in [2.75, 3.05) is 0 Å². The van der Waals surface area contributed by atoms with Gasteiger partial charge < -0.3 is 10.3 Å². The predicted molar refractivity (Wildman–Crippen MR) is 102 cm³/mol. The highest BCUT2D eigenvalue weighted by Crippen LogP contribution is 2.13. The van der Waals surface area contributed by atoms with Gasteiger partial charge in [0.2, 0.25) is 0 Å². The third-order valence-electron chi connectivity index (χ3n) is 4.30. The van der Waals surface area contributed by atoms with Crippen molar-refractivity contribution >= 4 is 16.8 Å². The summed E-state index contributed by atoms with van der Waals surface area (Å²) in [5.41, 5.74) is 3.62. The molecule has 2 aromatic heterocycles. The maximum atomic E-state index is 12.5. The minimum Gasteiger partial charge on any atom is -0.346 e. The lowest BCUT2D eigenvalue weighted by molar-refractivity contribution is 0.0941. The zero-order chi connectivity index (χ0) is 18.8. The van der Waals surface area contributed by atoms with Gasteiger partial charge in [0.1, 0.15) is 5.69 Å². The SMILES string of the molecule is Cc1ccc2cc(CNC(=O)c3cc(CC(C)C)nn3C)c(=O)[nH]c2c1. The minimum absolute atomic E-state index is 0.169. The van der Waals surface area contributed by atoms with Crippen LogP contribution in [0, 0.1) is 12.8 Å². The van der Waals surface area contributed by atoms with E-state index in [0.29, 0.717) is 17.2 Å². The summed E-state index contributed by atoms with van der Waals surface area (Å²) >= 11 is 0. The molecule has 136 valence electrons. The second kappa shape index (κ2) is 7.15. The van der Waals surface area contributed by atoms with Gasteiger partial charge in [0.25, 0.3) is 11.5 Å². The Balaban J connectivity index is 1.76. The number of hydrogen-bond acceptors (Lipinski definition) is 3. The lowest BCUT2D eigenvalue weighted by Gasteiger charge is -2.07. The van der Waals surface area contributed by atoms with Gasteiger partial charge in [-0.3, -0.25) is 14.3 Å². The molecule has 0 fully saturated rings. The first-order valence-corrected chi connectivity index (χ1v) is 8.77. The fourth-order valence-electron chi connectivity index (χ4n) is 3.01. The molecule has 6 nitrogen and oxygen atoms in total. The van der Waals surface area contributed by atoms with Crippen LogP contribution < -0.4 is 10.9 Å². The van der Waals surface area contributed by atoms with Crippen LogP contribution in [0.1, 0.15) is 41.2 Å². The van der Waals surface area contributed by atoms with Crippen molar-refractivity contribution in [2.45, 2.75) is 33.7 Å². The van der Waals surface area contributed by atoms with E-state index in [1.165, 1.54) is 0 Å². The molecule has 0 aliphatic carbocycles. The third-order valence-corrected chi connectivity index (χ3v) is 4.30. The van der Waals surface area contributed by atoms with Gasteiger partial charge >= 0.3 is 0 Å². The van der Waals surface area contributed by atoms with Gasteiger partial charge in [-0.25, -0.2) is 0 Å². The second-order valence-corrected chi connectivity index (χ2v) is 7.14. The summed E-state index contributed by atoms with van der Waals surface area (Å²) in [6.07, 6.45) is 0.824. The molecule has 0 unspecified atom stereocenters. The Morgan fingerprint density at radius 3 is 2.77 bits per heavy atom. The Bertz CT molecular complexity index is 1010. The van der Waals surface area contributed by atoms with Gasteiger partial charge in [0.05, 0.1) is 5.69 Å². The van der Waals surface area contributed by atoms with Gasteiger partial charge in [-0.05, 0) is 48.4 Å². The standard InChI is InChI=1S/C20H24N4O2/c1-12(2)7-16-10-18(24(4)23-16)20(26)21-11-15-9-14-6-5-13(3)8-17(14)22-19(15)25/h5-6,8-10,12H,7,11H2,1-4H3,(H,21,26)(H,22,25). The van der Waals surface area contributed by atoms with Crippen molar-refractivity contribution in [1.29, 1.82) is 0 Å². The second-order valence-electron chi connectivity index (χ2n) is 7.14. The van der Waals surface area contributed by atoms with E-state index in [-0.39, 0.29) is 18.0 Å². The van der Waals surface area contributed by atoms with Crippen LogP contribution in [-0.4, -0.2) is 20.7 Å². The molecule has 26 heavy (non-hydrogen) atoms. The molecule has 2 N–H and O–H groups in total. The molecule has 1 aromatic carbocycles. The number of aryl methyl sites for hydroxylation is 2. The fraction of sp³-hybridized carbons (Fsp3) is 0.350. The molecule has 0 radical (unpaired) electrons. The number of H-pyrrole nitrogens is 1. The lowest BCUT2D eigenvalue weighted by Crippen LogP contribution is -2.28. The van der Waals surface area contributed by atoms with E-state index in [1.807, 2.05) is 37.3 Å². The first kappa shape index (κ1) is 17.9. The summed E-state index contributed by atoms with van der Waals surface area (Å²) in [6.45, 7) is 6.37. The average Bonchev–Trinajstić information content (AvgIpc) is 2.92. The van der Waals surface area contributed by atoms with Gasteiger partial charge in [-0.1, -0.05) is 26.0 Å². The highest BCUT2D eigenvalue weighted by Gasteiger charge is 2.14. The number of hydrogen-bond donors (Lipinski definition) is 2. The average molecular weight is 352 g/mol. The van der Waals surface area contributed by atoms with Gasteiger partial charge in [0, 0.05) is 24.7 Å². The van der Waals surface area contributed by atoms with E-state index in [1.54, 1.807) is 11.7 Å². The smallest absolute Gasteiger partial charge is 0.269 e. The van der Waals surface area contributed by atoms with E-state index in [4.69, 9.17) is 0 Å². The summed E-state index contributed by atoms with van der Waals surface area (Å²) in [7, 11) is 1.75. The van der Waals surface area contributed by atoms with Crippen LogP contribution in [0.15, 0.2) is 35.1 Å². The summed E-state index contributed by atoms with van der Waals surface area (Å²) in [5.74, 6) is 0.235. The zero-order valence-electron chi connectivity index (χ0n) is 15.6. The number of amides is 1. The summed E-state index contributed by atoms with van der Waals surface area (Å²) in [5, 5.41) is 8.15. The number of aromatic nitrogens is 3. The van der Waals surface area contributed by atoms with Crippen LogP contribution in [0.3, 0.4) is 0 Å². The van der Waals surface area contributed by atoms with Crippen LogP contribution in [0.4, 0.5) is 0 Å². The molecular formula is C20H24N4O2. The molecule has 1 amide bonds. The highest BCUT2D eigenvalue weighted by atomic mass is 16.2. The Labute approximate surface area is 152 Å². The molecular weight excluding hydrogens is 328 g/mol. The number of fused-ring (bicyclic) bond motifs is 1. The maximum Gasteiger partial charge on any atom is 0.269 e. The quantitative estimate of drug-likeness (QED) is 0.741. The number of benzene rings is 1. The van der Waals surface area contributed by atoms with Crippen molar-refractivity contribution in [2.24, 2.45) is 13.0 Å². The van der Waals surface area contributed by atoms with Crippen LogP contribution in [0.2, 0.25) is 0 Å². The maximum absolute atomic E-state index is 12.5. The Kier molecular flexibility index (Phi) is 4.93. The molecule has 2 heterocycles. The topological polar surface area (TPSA) is 79.8 Å². The van der Waals surface area contributed by atoms with E-state index in [9.17, 15) is 9.59 Å². The molecule has 0 saturated carbocycles. The van der Waals surface area contributed by atoms with Crippen molar-refractivity contribution in [3.63, 3.8) is 0 Å². The highest BCUT2D eigenvalue weighted by molar-refractivity contribution is 5.92. The van der Waals surface area contributed by atoms with Crippen molar-refractivity contribution in [3.8, 4) is 0 Å². The summed E-state index contributed by atoms with van der Waals surface area (Å²) in [6, 6.07) is 9.52. The van der Waals surface area contributed by atoms with Gasteiger partial charge in [-0.15, -0.1) is 0 Å². The van der Waals surface area contributed by atoms with Crippen molar-refractivity contribution < 1.29 is 4.79 Å². The minimum atomic E-state index is -0.238. The third kappa shape index (κ3) is 3.85. The number of rotatable bonds is 5. The Morgan fingerprint density at radius 2 is 2.04 bits per heavy atom. The van der Waals surface area contributed by atoms with E-state index >= 15 is 0 Å². The largest absolute Gasteiger partial charge is 0.346 e. The Morgan fingerprint density at radius 1 is 1.27 bits per heavy atom. The predicted octanol–water partition coefficient (Wildman–Crippen LogP) is 2.70. The molecule has 0 aliphatic rings. The van der Waals surface area contributed by atoms with Crippen molar-refractivity contribution in [3.05, 3.63) is 63.2 Å². The van der Waals surface area contributed by atoms with Gasteiger partial charge in [0.15, 0.2) is 0 Å². The number of carbonyl (C=O) groups excluding carboxylic acids is 1. The number of nitrogens with one attached hydrogen (secondary N) is 2. The lowest BCUT2D eigenvalue weighted by atomic mass is 10.1. The molecule has 3 aromatic rings. The van der Waals surface area contributed by atoms with E-state index in [2.05, 4.69) is 29.2 Å². The Hall–Kier alpha value is -2.89. The monoisotopic (exact) mass is 352 g/mol. The van der Waals surface area contributed by atoms with Crippen molar-refractivity contribution in [1.82, 2.24) is 20.1 Å². The van der Waals surface area contributed by atoms with E-state index < -0.39 is 0 Å². The molecule has 0 spiro atoms. The van der Waals surface area contributed by atoms with Crippen LogP contribution in [-0.2, 0) is 20.0 Å². The summed E-state index contributed by atoms with van der Waals surface area (Å²) in [4.78, 5) is 27.6. The fourth-order valence-corrected chi connectivity index (χ4v) is 3.01. The number of carbonyl (C=O) groups is 1. The van der Waals surface area contributed by atoms with Gasteiger partial charge in [-0.2, -0.15) is 5.10 Å². The molecule has 6 heteroatoms. The number of pyridine rings is 1. The van der Waals surface area contributed by atoms with E-state index in [0.717, 1.165) is 28.6 Å².